The Morgan fingerprint density at radius 2 is 1.69 bits per heavy atom. The lowest BCUT2D eigenvalue weighted by Gasteiger charge is -2.38. The number of Topliss-reactive ketones (excluding diaryl/α,β-unsaturated/α-hetero) is 1. The first-order valence-corrected chi connectivity index (χ1v) is 14.5. The topological polar surface area (TPSA) is 177 Å². The summed E-state index contributed by atoms with van der Waals surface area (Å²) in [6.07, 6.45) is 7.30. The lowest BCUT2D eigenvalue weighted by Crippen LogP contribution is -2.62. The van der Waals surface area contributed by atoms with Crippen LogP contribution in [0.4, 0.5) is 4.79 Å². The number of terminal acetylenes is 1. The van der Waals surface area contributed by atoms with Crippen LogP contribution in [0.3, 0.4) is 0 Å². The number of fused-ring (bicyclic) bond motifs is 1. The van der Waals surface area contributed by atoms with Crippen molar-refractivity contribution < 1.29 is 33.5 Å². The van der Waals surface area contributed by atoms with Gasteiger partial charge in [0.1, 0.15) is 18.1 Å². The van der Waals surface area contributed by atoms with E-state index < -0.39 is 65.1 Å². The van der Waals surface area contributed by atoms with Gasteiger partial charge in [-0.15, -0.1) is 6.42 Å². The Hall–Kier alpha value is -3.62. The van der Waals surface area contributed by atoms with Gasteiger partial charge in [0.2, 0.25) is 17.6 Å². The molecule has 0 aromatic heterocycles. The number of rotatable bonds is 12. The maximum Gasteiger partial charge on any atom is 0.329 e. The SMILES string of the molecule is C#CCOC(=O)[C@@H](NC(=O)N[C@H](C(=O)N1C[C@H]2[C@@H]([C@H]1C(=O)NC(CC1CC1)C(=O)C(N)=O)C2(C)C)C(C)(C)C)C(C)C. The number of hydrogen-bond donors (Lipinski definition) is 4. The van der Waals surface area contributed by atoms with E-state index in [0.717, 1.165) is 12.8 Å². The molecule has 5 N–H and O–H groups in total. The Morgan fingerprint density at radius 3 is 2.19 bits per heavy atom. The number of primary amides is 1. The van der Waals surface area contributed by atoms with Crippen LogP contribution in [-0.2, 0) is 28.7 Å². The summed E-state index contributed by atoms with van der Waals surface area (Å²) in [6, 6.07) is -4.75. The third kappa shape index (κ3) is 7.23. The lowest BCUT2D eigenvalue weighted by atomic mass is 9.85. The zero-order valence-corrected chi connectivity index (χ0v) is 25.6. The minimum Gasteiger partial charge on any atom is -0.451 e. The Morgan fingerprint density at radius 1 is 1.07 bits per heavy atom. The number of amides is 5. The van der Waals surface area contributed by atoms with E-state index >= 15 is 0 Å². The second kappa shape index (κ2) is 12.3. The summed E-state index contributed by atoms with van der Waals surface area (Å²) >= 11 is 0. The fourth-order valence-corrected chi connectivity index (χ4v) is 5.99. The normalized spacial score (nSPS) is 24.4. The van der Waals surface area contributed by atoms with Crippen molar-refractivity contribution in [1.82, 2.24) is 20.9 Å². The lowest BCUT2D eigenvalue weighted by molar-refractivity contribution is -0.145. The standard InChI is InChI=1S/C30H45N5O7/c1-9-12-42-27(40)20(15(2)3)33-28(41)34-23(29(4,5)6)26(39)35-14-17-19(30(17,7)8)21(35)25(38)32-18(13-16-10-11-16)22(36)24(31)37/h1,15-21,23H,10-14H2,2-8H3,(H2,31,37)(H,32,38)(H2,33,34,41)/t17-,18?,19-,20-,21-,23+/m0/s1. The summed E-state index contributed by atoms with van der Waals surface area (Å²) in [5, 5.41) is 8.03. The maximum atomic E-state index is 14.1. The number of likely N-dealkylation sites (tertiary alicyclic amines) is 1. The minimum absolute atomic E-state index is 0.0524. The number of nitrogens with one attached hydrogen (secondary N) is 3. The fraction of sp³-hybridized carbons (Fsp3) is 0.733. The zero-order valence-electron chi connectivity index (χ0n) is 25.6. The van der Waals surface area contributed by atoms with Gasteiger partial charge in [-0.3, -0.25) is 19.2 Å². The molecule has 0 aromatic carbocycles. The average Bonchev–Trinajstić information content (AvgIpc) is 3.74. The molecule has 0 bridgehead atoms. The molecule has 12 heteroatoms. The molecule has 1 aliphatic heterocycles. The number of ketones is 1. The molecule has 6 atom stereocenters. The number of nitrogens with zero attached hydrogens (tertiary/aromatic N) is 1. The van der Waals surface area contributed by atoms with Crippen molar-refractivity contribution >= 4 is 35.5 Å². The van der Waals surface area contributed by atoms with Crippen LogP contribution in [0, 0.1) is 46.8 Å². The van der Waals surface area contributed by atoms with Crippen LogP contribution < -0.4 is 21.7 Å². The molecule has 5 amide bonds. The summed E-state index contributed by atoms with van der Waals surface area (Å²) in [5.41, 5.74) is 4.28. The molecular formula is C30H45N5O7. The molecule has 1 unspecified atom stereocenters. The maximum absolute atomic E-state index is 14.1. The van der Waals surface area contributed by atoms with E-state index in [1.165, 1.54) is 4.90 Å². The zero-order chi connectivity index (χ0) is 31.7. The van der Waals surface area contributed by atoms with E-state index in [9.17, 15) is 28.8 Å². The molecule has 232 valence electrons. The summed E-state index contributed by atoms with van der Waals surface area (Å²) < 4.78 is 4.99. The van der Waals surface area contributed by atoms with Crippen LogP contribution in [0.5, 0.6) is 0 Å². The molecule has 1 saturated heterocycles. The van der Waals surface area contributed by atoms with Crippen molar-refractivity contribution in [1.29, 1.82) is 0 Å². The highest BCUT2D eigenvalue weighted by molar-refractivity contribution is 6.37. The molecule has 2 saturated carbocycles. The van der Waals surface area contributed by atoms with E-state index in [1.54, 1.807) is 34.6 Å². The van der Waals surface area contributed by atoms with Crippen molar-refractivity contribution in [3.8, 4) is 12.3 Å². The number of ether oxygens (including phenoxy) is 1. The molecule has 42 heavy (non-hydrogen) atoms. The van der Waals surface area contributed by atoms with Gasteiger partial charge >= 0.3 is 12.0 Å². The number of esters is 1. The Kier molecular flexibility index (Phi) is 9.64. The van der Waals surface area contributed by atoms with Crippen LogP contribution in [-0.4, -0.2) is 77.7 Å². The summed E-state index contributed by atoms with van der Waals surface area (Å²) in [5.74, 6) is -1.63. The van der Waals surface area contributed by atoms with Crippen molar-refractivity contribution in [2.45, 2.75) is 91.9 Å². The van der Waals surface area contributed by atoms with E-state index in [0.29, 0.717) is 13.0 Å². The molecule has 1 heterocycles. The van der Waals surface area contributed by atoms with Gasteiger partial charge in [0.25, 0.3) is 5.91 Å². The highest BCUT2D eigenvalue weighted by Gasteiger charge is 2.70. The number of carbonyl (C=O) groups excluding carboxylic acids is 6. The van der Waals surface area contributed by atoms with Gasteiger partial charge in [-0.25, -0.2) is 9.59 Å². The number of urea groups is 1. The van der Waals surface area contributed by atoms with Gasteiger partial charge < -0.3 is 31.3 Å². The van der Waals surface area contributed by atoms with Crippen LogP contribution in [0.15, 0.2) is 0 Å². The van der Waals surface area contributed by atoms with Gasteiger partial charge in [-0.1, -0.05) is 67.2 Å². The smallest absolute Gasteiger partial charge is 0.329 e. The first kappa shape index (κ1) is 32.9. The molecule has 3 rings (SSSR count). The molecule has 2 aliphatic carbocycles. The molecule has 0 aromatic rings. The van der Waals surface area contributed by atoms with E-state index in [4.69, 9.17) is 16.9 Å². The monoisotopic (exact) mass is 587 g/mol. The highest BCUT2D eigenvalue weighted by atomic mass is 16.5. The van der Waals surface area contributed by atoms with Crippen molar-refractivity contribution in [2.75, 3.05) is 13.2 Å². The third-order valence-electron chi connectivity index (χ3n) is 8.80. The summed E-state index contributed by atoms with van der Waals surface area (Å²) in [4.78, 5) is 79.0. The Balaban J connectivity index is 1.81. The molecule has 0 spiro atoms. The van der Waals surface area contributed by atoms with Crippen molar-refractivity contribution in [3.05, 3.63) is 0 Å². The van der Waals surface area contributed by atoms with Crippen LogP contribution in [0.1, 0.15) is 67.7 Å². The summed E-state index contributed by atoms with van der Waals surface area (Å²) in [6.45, 7) is 12.9. The Bertz CT molecular complexity index is 1160. The van der Waals surface area contributed by atoms with Crippen molar-refractivity contribution in [2.24, 2.45) is 40.2 Å². The van der Waals surface area contributed by atoms with Gasteiger partial charge in [-0.2, -0.15) is 0 Å². The highest BCUT2D eigenvalue weighted by Crippen LogP contribution is 2.65. The molecule has 3 fully saturated rings. The predicted molar refractivity (Wildman–Crippen MR) is 153 cm³/mol. The molecule has 3 aliphatic rings. The van der Waals surface area contributed by atoms with Crippen molar-refractivity contribution in [3.63, 3.8) is 0 Å². The second-order valence-electron chi connectivity index (χ2n) is 13.8. The van der Waals surface area contributed by atoms with E-state index in [-0.39, 0.29) is 35.7 Å². The fourth-order valence-electron chi connectivity index (χ4n) is 5.99. The van der Waals surface area contributed by atoms with Gasteiger partial charge in [0.15, 0.2) is 6.61 Å². The Labute approximate surface area is 247 Å². The summed E-state index contributed by atoms with van der Waals surface area (Å²) in [7, 11) is 0. The third-order valence-corrected chi connectivity index (χ3v) is 8.80. The number of piperidine rings is 1. The van der Waals surface area contributed by atoms with Gasteiger partial charge in [0, 0.05) is 6.54 Å². The average molecular weight is 588 g/mol. The van der Waals surface area contributed by atoms with Crippen LogP contribution in [0.2, 0.25) is 0 Å². The van der Waals surface area contributed by atoms with Gasteiger partial charge in [-0.05, 0) is 40.9 Å². The molecule has 12 nitrogen and oxygen atoms in total. The first-order chi connectivity index (χ1) is 19.4. The van der Waals surface area contributed by atoms with Gasteiger partial charge in [0.05, 0.1) is 6.04 Å². The largest absolute Gasteiger partial charge is 0.451 e. The predicted octanol–water partition coefficient (Wildman–Crippen LogP) is 0.724. The minimum atomic E-state index is -1.11. The molecular weight excluding hydrogens is 542 g/mol. The first-order valence-electron chi connectivity index (χ1n) is 14.5. The van der Waals surface area contributed by atoms with E-state index in [2.05, 4.69) is 21.9 Å². The van der Waals surface area contributed by atoms with Crippen LogP contribution in [0.25, 0.3) is 0 Å². The second-order valence-corrected chi connectivity index (χ2v) is 13.8. The number of nitrogens with two attached hydrogens (primary N) is 1. The number of carbonyl (C=O) groups is 6. The van der Waals surface area contributed by atoms with Crippen LogP contribution >= 0.6 is 0 Å². The van der Waals surface area contributed by atoms with E-state index in [1.807, 2.05) is 13.8 Å². The molecule has 0 radical (unpaired) electrons. The number of hydrogen-bond acceptors (Lipinski definition) is 7. The quantitative estimate of drug-likeness (QED) is 0.148.